The first kappa shape index (κ1) is 24.9. The molecule has 0 radical (unpaired) electrons. The van der Waals surface area contributed by atoms with Crippen LogP contribution < -0.4 is 16.2 Å². The molecule has 4 aromatic rings. The molecule has 0 saturated heterocycles. The van der Waals surface area contributed by atoms with Crippen LogP contribution in [-0.4, -0.2) is 30.2 Å². The molecule has 0 spiro atoms. The van der Waals surface area contributed by atoms with E-state index in [0.717, 1.165) is 29.6 Å². The Labute approximate surface area is 206 Å². The summed E-state index contributed by atoms with van der Waals surface area (Å²) in [5.74, 6) is 0. The summed E-state index contributed by atoms with van der Waals surface area (Å²) in [6.07, 6.45) is 2.17. The maximum Gasteiger partial charge on any atom is 0.238 e. The van der Waals surface area contributed by atoms with Gasteiger partial charge in [-0.1, -0.05) is 36.4 Å². The number of aliphatic hydroxyl groups is 1. The van der Waals surface area contributed by atoms with E-state index in [1.807, 2.05) is 36.4 Å². The van der Waals surface area contributed by atoms with Crippen LogP contribution in [0.4, 0.5) is 5.69 Å². The third-order valence-electron chi connectivity index (χ3n) is 6.32. The van der Waals surface area contributed by atoms with Gasteiger partial charge >= 0.3 is 0 Å². The number of anilines is 1. The molecule has 0 amide bonds. The van der Waals surface area contributed by atoms with Gasteiger partial charge in [-0.25, -0.2) is 13.6 Å². The lowest BCUT2D eigenvalue weighted by Gasteiger charge is -2.28. The number of β-amino-alcohol motifs (C(OH)–C–C–N with tert-alkyl or cyclic N) is 1. The number of nitrogens with zero attached hydrogens (tertiary/aromatic N) is 1. The lowest BCUT2D eigenvalue weighted by atomic mass is 9.98. The fraction of sp³-hybridized carbons (Fsp3) is 0.259. The van der Waals surface area contributed by atoms with Crippen LogP contribution in [0.5, 0.6) is 0 Å². The normalized spacial score (nSPS) is 13.3. The van der Waals surface area contributed by atoms with E-state index in [2.05, 4.69) is 36.0 Å². The van der Waals surface area contributed by atoms with Gasteiger partial charge in [0.2, 0.25) is 10.0 Å². The Morgan fingerprint density at radius 3 is 2.57 bits per heavy atom. The highest BCUT2D eigenvalue weighted by molar-refractivity contribution is 7.89. The molecule has 1 atom stereocenters. The number of aliphatic hydroxyl groups excluding tert-OH is 1. The van der Waals surface area contributed by atoms with E-state index in [9.17, 15) is 13.5 Å². The van der Waals surface area contributed by atoms with Crippen LogP contribution in [0, 0.1) is 0 Å². The fourth-order valence-electron chi connectivity index (χ4n) is 4.26. The maximum atomic E-state index is 12.0. The van der Waals surface area contributed by atoms with E-state index >= 15 is 0 Å². The molecule has 0 fully saturated rings. The summed E-state index contributed by atoms with van der Waals surface area (Å²) in [7, 11) is -3.87. The molecule has 184 valence electrons. The number of nitrogens with two attached hydrogens (primary N) is 2. The van der Waals surface area contributed by atoms with Crippen molar-refractivity contribution in [3.63, 3.8) is 0 Å². The number of nitrogen functional groups attached to an aromatic ring is 1. The van der Waals surface area contributed by atoms with Gasteiger partial charge < -0.3 is 20.7 Å². The summed E-state index contributed by atoms with van der Waals surface area (Å²) in [5.41, 5.74) is 9.46. The van der Waals surface area contributed by atoms with Crippen LogP contribution in [0.25, 0.3) is 22.0 Å². The largest absolute Gasteiger partial charge is 0.399 e. The Balaban J connectivity index is 1.42. The molecule has 0 aliphatic carbocycles. The van der Waals surface area contributed by atoms with E-state index in [4.69, 9.17) is 10.9 Å². The molecule has 4 rings (SSSR count). The Kier molecular flexibility index (Phi) is 7.00. The standard InChI is InChI=1S/C27H32N4O3S/c1-27(2,13-15-31-14-12-20-17-22(28)10-11-24(20)31)30-18-25(32)21-7-5-6-19(16-21)23-8-3-4-9-26(23)35(29,33)34/h3-12,14,16-17,25,30,32H,13,15,18,28H2,1-2H3,(H2,29,33,34)/t25-/m0/s1. The van der Waals surface area contributed by atoms with Crippen molar-refractivity contribution in [2.75, 3.05) is 12.3 Å². The Hall–Kier alpha value is -3.17. The fourth-order valence-corrected chi connectivity index (χ4v) is 5.02. The number of aromatic nitrogens is 1. The molecule has 1 aromatic heterocycles. The van der Waals surface area contributed by atoms with Crippen LogP contribution in [0.1, 0.15) is 31.9 Å². The minimum atomic E-state index is -3.87. The topological polar surface area (TPSA) is 123 Å². The summed E-state index contributed by atoms with van der Waals surface area (Å²) in [5, 5.41) is 20.9. The lowest BCUT2D eigenvalue weighted by molar-refractivity contribution is 0.158. The third kappa shape index (κ3) is 5.91. The average molecular weight is 493 g/mol. The van der Waals surface area contributed by atoms with Crippen molar-refractivity contribution in [1.82, 2.24) is 9.88 Å². The summed E-state index contributed by atoms with van der Waals surface area (Å²) in [6.45, 7) is 5.41. The molecule has 0 aliphatic rings. The molecule has 0 bridgehead atoms. The number of nitrogens with one attached hydrogen (secondary N) is 1. The van der Waals surface area contributed by atoms with E-state index in [1.54, 1.807) is 24.3 Å². The van der Waals surface area contributed by atoms with Crippen molar-refractivity contribution >= 4 is 26.6 Å². The van der Waals surface area contributed by atoms with Crippen LogP contribution >= 0.6 is 0 Å². The molecule has 6 N–H and O–H groups in total. The summed E-state index contributed by atoms with van der Waals surface area (Å²) in [4.78, 5) is 0.0612. The monoisotopic (exact) mass is 492 g/mol. The van der Waals surface area contributed by atoms with Gasteiger partial charge in [-0.3, -0.25) is 0 Å². The van der Waals surface area contributed by atoms with Crippen LogP contribution in [0.15, 0.2) is 83.9 Å². The molecule has 7 nitrogen and oxygen atoms in total. The van der Waals surface area contributed by atoms with Gasteiger partial charge in [0.05, 0.1) is 11.0 Å². The third-order valence-corrected chi connectivity index (χ3v) is 7.29. The van der Waals surface area contributed by atoms with Crippen molar-refractivity contribution in [3.8, 4) is 11.1 Å². The predicted molar refractivity (Wildman–Crippen MR) is 141 cm³/mol. The number of rotatable bonds is 9. The minimum absolute atomic E-state index is 0.0612. The zero-order valence-corrected chi connectivity index (χ0v) is 20.8. The van der Waals surface area contributed by atoms with Crippen molar-refractivity contribution in [1.29, 1.82) is 0 Å². The molecule has 8 heteroatoms. The smallest absolute Gasteiger partial charge is 0.238 e. The Bertz CT molecular complexity index is 1440. The molecule has 0 saturated carbocycles. The van der Waals surface area contributed by atoms with E-state index in [1.165, 1.54) is 6.07 Å². The first-order valence-corrected chi connectivity index (χ1v) is 13.1. The van der Waals surface area contributed by atoms with E-state index < -0.39 is 16.1 Å². The zero-order valence-electron chi connectivity index (χ0n) is 20.0. The lowest BCUT2D eigenvalue weighted by Crippen LogP contribution is -2.42. The highest BCUT2D eigenvalue weighted by Gasteiger charge is 2.20. The van der Waals surface area contributed by atoms with Crippen LogP contribution in [0.3, 0.4) is 0 Å². The zero-order chi connectivity index (χ0) is 25.2. The Morgan fingerprint density at radius 2 is 1.80 bits per heavy atom. The van der Waals surface area contributed by atoms with Gasteiger partial charge in [-0.15, -0.1) is 0 Å². The molecule has 3 aromatic carbocycles. The number of hydrogen-bond acceptors (Lipinski definition) is 5. The van der Waals surface area contributed by atoms with Crippen molar-refractivity contribution in [2.45, 2.75) is 43.4 Å². The highest BCUT2D eigenvalue weighted by Crippen LogP contribution is 2.29. The Morgan fingerprint density at radius 1 is 1.03 bits per heavy atom. The number of hydrogen-bond donors (Lipinski definition) is 4. The quantitative estimate of drug-likeness (QED) is 0.263. The number of sulfonamides is 1. The van der Waals surface area contributed by atoms with Gasteiger partial charge in [-0.2, -0.15) is 0 Å². The van der Waals surface area contributed by atoms with Crippen LogP contribution in [-0.2, 0) is 16.6 Å². The number of benzene rings is 3. The molecule has 0 aliphatic heterocycles. The SMILES string of the molecule is CC(C)(CCn1ccc2cc(N)ccc21)NC[C@H](O)c1cccc(-c2ccccc2S(N)(=O)=O)c1. The molecular weight excluding hydrogens is 460 g/mol. The molecule has 35 heavy (non-hydrogen) atoms. The van der Waals surface area contributed by atoms with Gasteiger partial charge in [0.1, 0.15) is 0 Å². The second-order valence-corrected chi connectivity index (χ2v) is 11.1. The van der Waals surface area contributed by atoms with Crippen LogP contribution in [0.2, 0.25) is 0 Å². The molecule has 1 heterocycles. The van der Waals surface area contributed by atoms with Gasteiger partial charge in [0.25, 0.3) is 0 Å². The van der Waals surface area contributed by atoms with Gasteiger partial charge in [0.15, 0.2) is 0 Å². The first-order chi connectivity index (χ1) is 16.5. The first-order valence-electron chi connectivity index (χ1n) is 11.5. The second kappa shape index (κ2) is 9.83. The predicted octanol–water partition coefficient (Wildman–Crippen LogP) is 4.03. The summed E-state index contributed by atoms with van der Waals surface area (Å²) >= 11 is 0. The maximum absolute atomic E-state index is 12.0. The van der Waals surface area contributed by atoms with Gasteiger partial charge in [-0.05, 0) is 67.8 Å². The summed E-state index contributed by atoms with van der Waals surface area (Å²) in [6, 6.07) is 21.9. The average Bonchev–Trinajstić information content (AvgIpc) is 3.23. The van der Waals surface area contributed by atoms with E-state index in [0.29, 0.717) is 23.2 Å². The van der Waals surface area contributed by atoms with Crippen molar-refractivity contribution in [3.05, 3.63) is 84.6 Å². The second-order valence-electron chi connectivity index (χ2n) is 9.52. The number of aryl methyl sites for hydroxylation is 1. The summed E-state index contributed by atoms with van der Waals surface area (Å²) < 4.78 is 26.2. The highest BCUT2D eigenvalue weighted by atomic mass is 32.2. The van der Waals surface area contributed by atoms with Crippen molar-refractivity contribution in [2.24, 2.45) is 5.14 Å². The van der Waals surface area contributed by atoms with Crippen molar-refractivity contribution < 1.29 is 13.5 Å². The van der Waals surface area contributed by atoms with E-state index in [-0.39, 0.29) is 10.4 Å². The molecule has 0 unspecified atom stereocenters. The minimum Gasteiger partial charge on any atom is -0.399 e. The van der Waals surface area contributed by atoms with Gasteiger partial charge in [0, 0.05) is 47.0 Å². The number of fused-ring (bicyclic) bond motifs is 1. The molecular formula is C27H32N4O3S. The number of primary sulfonamides is 1.